The van der Waals surface area contributed by atoms with Gasteiger partial charge in [0.15, 0.2) is 0 Å². The van der Waals surface area contributed by atoms with Gasteiger partial charge in [-0.2, -0.15) is 0 Å². The fourth-order valence-corrected chi connectivity index (χ4v) is 3.92. The molecule has 6 nitrogen and oxygen atoms in total. The Balaban J connectivity index is 1.78. The van der Waals surface area contributed by atoms with Crippen LogP contribution in [0.5, 0.6) is 0 Å². The zero-order valence-electron chi connectivity index (χ0n) is 13.0. The van der Waals surface area contributed by atoms with Gasteiger partial charge >= 0.3 is 12.0 Å². The molecule has 0 aliphatic heterocycles. The molecule has 2 aliphatic rings. The van der Waals surface area contributed by atoms with E-state index in [1.54, 1.807) is 0 Å². The van der Waals surface area contributed by atoms with E-state index < -0.39 is 11.9 Å². The van der Waals surface area contributed by atoms with Gasteiger partial charge in [-0.15, -0.1) is 0 Å². The van der Waals surface area contributed by atoms with Gasteiger partial charge in [-0.3, -0.25) is 4.79 Å². The molecule has 2 fully saturated rings. The van der Waals surface area contributed by atoms with Crippen molar-refractivity contribution < 1.29 is 14.7 Å². The Hall–Kier alpha value is -1.30. The second-order valence-electron chi connectivity index (χ2n) is 6.15. The van der Waals surface area contributed by atoms with Gasteiger partial charge in [0.2, 0.25) is 0 Å². The number of nitrogens with one attached hydrogen (secondary N) is 2. The van der Waals surface area contributed by atoms with Gasteiger partial charge in [-0.25, -0.2) is 4.79 Å². The highest BCUT2D eigenvalue weighted by Crippen LogP contribution is 2.48. The summed E-state index contributed by atoms with van der Waals surface area (Å²) >= 11 is 0. The molecule has 2 rings (SSSR count). The first-order valence-corrected chi connectivity index (χ1v) is 8.06. The number of hydrogen-bond donors (Lipinski definition) is 3. The molecule has 0 aromatic rings. The Bertz CT molecular complexity index is 384. The molecule has 0 aromatic carbocycles. The van der Waals surface area contributed by atoms with E-state index in [4.69, 9.17) is 0 Å². The number of carbonyl (C=O) groups excluding carboxylic acids is 1. The molecule has 0 heterocycles. The lowest BCUT2D eigenvalue weighted by atomic mass is 9.84. The summed E-state index contributed by atoms with van der Waals surface area (Å²) in [6.07, 6.45) is 2.98. The Morgan fingerprint density at radius 3 is 2.48 bits per heavy atom. The van der Waals surface area contributed by atoms with Gasteiger partial charge in [0, 0.05) is 19.1 Å². The van der Waals surface area contributed by atoms with Gasteiger partial charge in [-0.05, 0) is 44.2 Å². The monoisotopic (exact) mass is 297 g/mol. The molecule has 2 saturated carbocycles. The second kappa shape index (κ2) is 7.11. The number of urea groups is 1. The topological polar surface area (TPSA) is 81.7 Å². The van der Waals surface area contributed by atoms with Crippen molar-refractivity contribution in [3.8, 4) is 0 Å². The average molecular weight is 297 g/mol. The minimum atomic E-state index is -0.768. The number of fused-ring (bicyclic) bond motifs is 2. The predicted octanol–water partition coefficient (Wildman–Crippen LogP) is 1.13. The maximum absolute atomic E-state index is 12.0. The summed E-state index contributed by atoms with van der Waals surface area (Å²) in [5.41, 5.74) is 0. The van der Waals surface area contributed by atoms with E-state index in [-0.39, 0.29) is 18.0 Å². The summed E-state index contributed by atoms with van der Waals surface area (Å²) < 4.78 is 0. The molecule has 0 aromatic heterocycles. The second-order valence-corrected chi connectivity index (χ2v) is 6.15. The molecular weight excluding hydrogens is 270 g/mol. The standard InChI is InChI=1S/C15H27N3O3/c1-3-18(4-2)8-7-16-15(21)17-13-11-6-5-10(9-11)12(13)14(19)20/h10-13H,3-9H2,1-2H3,(H,19,20)(H2,16,17,21). The van der Waals surface area contributed by atoms with Gasteiger partial charge in [0.25, 0.3) is 0 Å². The third kappa shape index (κ3) is 3.67. The van der Waals surface area contributed by atoms with E-state index in [1.165, 1.54) is 0 Å². The van der Waals surface area contributed by atoms with Crippen molar-refractivity contribution in [2.75, 3.05) is 26.2 Å². The van der Waals surface area contributed by atoms with Crippen molar-refractivity contribution in [3.63, 3.8) is 0 Å². The van der Waals surface area contributed by atoms with Crippen molar-refractivity contribution in [3.05, 3.63) is 0 Å². The maximum atomic E-state index is 12.0. The molecule has 2 amide bonds. The molecule has 0 radical (unpaired) electrons. The van der Waals surface area contributed by atoms with Crippen LogP contribution in [0, 0.1) is 17.8 Å². The number of hydrogen-bond acceptors (Lipinski definition) is 3. The number of amides is 2. The predicted molar refractivity (Wildman–Crippen MR) is 80.1 cm³/mol. The summed E-state index contributed by atoms with van der Waals surface area (Å²) in [5, 5.41) is 15.1. The van der Waals surface area contributed by atoms with Crippen LogP contribution >= 0.6 is 0 Å². The lowest BCUT2D eigenvalue weighted by molar-refractivity contribution is -0.144. The van der Waals surface area contributed by atoms with Crippen LogP contribution in [0.2, 0.25) is 0 Å². The highest BCUT2D eigenvalue weighted by atomic mass is 16.4. The molecule has 3 N–H and O–H groups in total. The summed E-state index contributed by atoms with van der Waals surface area (Å²) in [6.45, 7) is 7.53. The molecule has 4 unspecified atom stereocenters. The van der Waals surface area contributed by atoms with E-state index in [0.29, 0.717) is 12.5 Å². The molecule has 4 atom stereocenters. The zero-order valence-corrected chi connectivity index (χ0v) is 13.0. The first-order valence-electron chi connectivity index (χ1n) is 8.06. The van der Waals surface area contributed by atoms with Crippen LogP contribution in [0.15, 0.2) is 0 Å². The van der Waals surface area contributed by atoms with Gasteiger partial charge in [0.1, 0.15) is 0 Å². The Kier molecular flexibility index (Phi) is 5.45. The number of carboxylic acids is 1. The Labute approximate surface area is 126 Å². The number of likely N-dealkylation sites (N-methyl/N-ethyl adjacent to an activating group) is 1. The van der Waals surface area contributed by atoms with Gasteiger partial charge in [-0.1, -0.05) is 13.8 Å². The van der Waals surface area contributed by atoms with Gasteiger partial charge < -0.3 is 20.6 Å². The molecule has 2 bridgehead atoms. The van der Waals surface area contributed by atoms with Crippen LogP contribution in [0.1, 0.15) is 33.1 Å². The first-order chi connectivity index (χ1) is 10.1. The lowest BCUT2D eigenvalue weighted by Crippen LogP contribution is -2.51. The normalized spacial score (nSPS) is 30.6. The molecular formula is C15H27N3O3. The third-order valence-corrected chi connectivity index (χ3v) is 5.11. The van der Waals surface area contributed by atoms with Crippen LogP contribution in [-0.2, 0) is 4.79 Å². The van der Waals surface area contributed by atoms with Gasteiger partial charge in [0.05, 0.1) is 5.92 Å². The molecule has 120 valence electrons. The highest BCUT2D eigenvalue weighted by molar-refractivity contribution is 5.77. The fourth-order valence-electron chi connectivity index (χ4n) is 3.92. The number of aliphatic carboxylic acids is 1. The quantitative estimate of drug-likeness (QED) is 0.658. The van der Waals surface area contributed by atoms with Crippen LogP contribution in [0.3, 0.4) is 0 Å². The number of nitrogens with zero attached hydrogens (tertiary/aromatic N) is 1. The van der Waals surface area contributed by atoms with Crippen molar-refractivity contribution >= 4 is 12.0 Å². The SMILES string of the molecule is CCN(CC)CCNC(=O)NC1C2CCC(C2)C1C(=O)O. The van der Waals surface area contributed by atoms with Crippen LogP contribution in [0.4, 0.5) is 4.79 Å². The van der Waals surface area contributed by atoms with Crippen molar-refractivity contribution in [1.29, 1.82) is 0 Å². The number of carboxylic acid groups (broad SMARTS) is 1. The zero-order chi connectivity index (χ0) is 15.4. The van der Waals surface area contributed by atoms with Crippen molar-refractivity contribution in [2.45, 2.75) is 39.2 Å². The molecule has 21 heavy (non-hydrogen) atoms. The summed E-state index contributed by atoms with van der Waals surface area (Å²) in [6, 6.07) is -0.430. The highest BCUT2D eigenvalue weighted by Gasteiger charge is 2.51. The maximum Gasteiger partial charge on any atom is 0.315 e. The Morgan fingerprint density at radius 1 is 1.19 bits per heavy atom. The summed E-state index contributed by atoms with van der Waals surface area (Å²) in [7, 11) is 0. The third-order valence-electron chi connectivity index (χ3n) is 5.11. The van der Waals surface area contributed by atoms with Crippen LogP contribution in [0.25, 0.3) is 0 Å². The largest absolute Gasteiger partial charge is 0.481 e. The minimum absolute atomic E-state index is 0.199. The van der Waals surface area contributed by atoms with E-state index in [1.807, 2.05) is 0 Å². The van der Waals surface area contributed by atoms with E-state index in [0.717, 1.165) is 38.9 Å². The molecule has 0 saturated heterocycles. The first kappa shape index (κ1) is 16.1. The lowest BCUT2D eigenvalue weighted by Gasteiger charge is -2.29. The minimum Gasteiger partial charge on any atom is -0.481 e. The van der Waals surface area contributed by atoms with Crippen LogP contribution < -0.4 is 10.6 Å². The number of carbonyl (C=O) groups is 2. The van der Waals surface area contributed by atoms with Crippen molar-refractivity contribution in [1.82, 2.24) is 15.5 Å². The van der Waals surface area contributed by atoms with E-state index >= 15 is 0 Å². The average Bonchev–Trinajstić information content (AvgIpc) is 3.04. The Morgan fingerprint density at radius 2 is 1.86 bits per heavy atom. The summed E-state index contributed by atoms with van der Waals surface area (Å²) in [5.74, 6) is -0.592. The molecule has 0 spiro atoms. The summed E-state index contributed by atoms with van der Waals surface area (Å²) in [4.78, 5) is 25.6. The van der Waals surface area contributed by atoms with E-state index in [9.17, 15) is 14.7 Å². The van der Waals surface area contributed by atoms with Crippen LogP contribution in [-0.4, -0.2) is 54.2 Å². The number of rotatable bonds is 7. The van der Waals surface area contributed by atoms with Crippen molar-refractivity contribution in [2.24, 2.45) is 17.8 Å². The molecule has 2 aliphatic carbocycles. The molecule has 6 heteroatoms. The fraction of sp³-hybridized carbons (Fsp3) is 0.867. The smallest absolute Gasteiger partial charge is 0.315 e. The van der Waals surface area contributed by atoms with E-state index in [2.05, 4.69) is 29.4 Å².